The van der Waals surface area contributed by atoms with Crippen LogP contribution in [0.25, 0.3) is 10.8 Å². The molecule has 3 rings (SSSR count). The standard InChI is InChI=1S/C23H26N4O6/c1-14(25-22(32)20-17-7-3-2-6-15(17)9-10-24-20)23(33)27-11-5-4-8-18(27)21(31)26-16(13-28)12-19(29)30/h2-3,6-7,9-10,13-14,16,18H,4-5,8,11-12H2,1H3,(H,25,32)(H,26,31)(H,29,30)/t14-,16-,18-/m0/s1. The molecule has 1 fully saturated rings. The summed E-state index contributed by atoms with van der Waals surface area (Å²) in [6.45, 7) is 1.85. The Labute approximate surface area is 190 Å². The molecule has 0 saturated carbocycles. The van der Waals surface area contributed by atoms with Crippen LogP contribution >= 0.6 is 0 Å². The van der Waals surface area contributed by atoms with E-state index in [1.807, 2.05) is 12.1 Å². The summed E-state index contributed by atoms with van der Waals surface area (Å²) >= 11 is 0. The highest BCUT2D eigenvalue weighted by atomic mass is 16.4. The molecular formula is C23H26N4O6. The van der Waals surface area contributed by atoms with Crippen LogP contribution in [0.3, 0.4) is 0 Å². The topological polar surface area (TPSA) is 146 Å². The fraction of sp³-hybridized carbons (Fsp3) is 0.391. The highest BCUT2D eigenvalue weighted by molar-refractivity contribution is 6.06. The van der Waals surface area contributed by atoms with E-state index >= 15 is 0 Å². The van der Waals surface area contributed by atoms with Crippen molar-refractivity contribution in [3.63, 3.8) is 0 Å². The molecule has 2 aromatic rings. The fourth-order valence-corrected chi connectivity index (χ4v) is 3.94. The molecule has 0 aliphatic carbocycles. The Morgan fingerprint density at radius 3 is 2.67 bits per heavy atom. The van der Waals surface area contributed by atoms with Crippen LogP contribution in [0.15, 0.2) is 36.5 Å². The van der Waals surface area contributed by atoms with E-state index in [4.69, 9.17) is 5.11 Å². The van der Waals surface area contributed by atoms with Crippen LogP contribution in [0.4, 0.5) is 0 Å². The lowest BCUT2D eigenvalue weighted by atomic mass is 9.99. The number of nitrogens with one attached hydrogen (secondary N) is 2. The number of aromatic nitrogens is 1. The predicted octanol–water partition coefficient (Wildman–Crippen LogP) is 0.893. The van der Waals surface area contributed by atoms with E-state index in [0.717, 1.165) is 5.39 Å². The Balaban J connectivity index is 1.70. The zero-order valence-corrected chi connectivity index (χ0v) is 18.2. The zero-order chi connectivity index (χ0) is 24.0. The van der Waals surface area contributed by atoms with Crippen LogP contribution in [0.5, 0.6) is 0 Å². The smallest absolute Gasteiger partial charge is 0.305 e. The minimum atomic E-state index is -1.22. The molecule has 1 aliphatic heterocycles. The number of piperidine rings is 1. The molecule has 3 amide bonds. The van der Waals surface area contributed by atoms with Crippen molar-refractivity contribution in [3.8, 4) is 0 Å². The van der Waals surface area contributed by atoms with Gasteiger partial charge in [0.2, 0.25) is 11.8 Å². The maximum Gasteiger partial charge on any atom is 0.305 e. The first-order chi connectivity index (χ1) is 15.8. The minimum absolute atomic E-state index is 0.197. The summed E-state index contributed by atoms with van der Waals surface area (Å²) in [6.07, 6.45) is 3.11. The summed E-state index contributed by atoms with van der Waals surface area (Å²) in [6, 6.07) is 6.11. The molecule has 1 saturated heterocycles. The number of carbonyl (C=O) groups is 5. The summed E-state index contributed by atoms with van der Waals surface area (Å²) in [4.78, 5) is 66.2. The van der Waals surface area contributed by atoms with Gasteiger partial charge in [-0.05, 0) is 37.6 Å². The van der Waals surface area contributed by atoms with Crippen molar-refractivity contribution in [1.82, 2.24) is 20.5 Å². The Hall–Kier alpha value is -3.82. The number of pyridine rings is 1. The van der Waals surface area contributed by atoms with Gasteiger partial charge in [-0.25, -0.2) is 0 Å². The zero-order valence-electron chi connectivity index (χ0n) is 18.2. The molecule has 1 aliphatic rings. The van der Waals surface area contributed by atoms with Crippen LogP contribution in [0.1, 0.15) is 43.1 Å². The number of aliphatic carboxylic acids is 1. The van der Waals surface area contributed by atoms with E-state index in [-0.39, 0.29) is 5.69 Å². The van der Waals surface area contributed by atoms with Crippen molar-refractivity contribution < 1.29 is 29.1 Å². The van der Waals surface area contributed by atoms with Gasteiger partial charge < -0.3 is 25.4 Å². The van der Waals surface area contributed by atoms with Gasteiger partial charge in [-0.1, -0.05) is 24.3 Å². The van der Waals surface area contributed by atoms with Crippen LogP contribution in [-0.4, -0.2) is 69.6 Å². The summed E-state index contributed by atoms with van der Waals surface area (Å²) in [7, 11) is 0. The van der Waals surface area contributed by atoms with Gasteiger partial charge >= 0.3 is 5.97 Å². The summed E-state index contributed by atoms with van der Waals surface area (Å²) in [5.41, 5.74) is 0.197. The largest absolute Gasteiger partial charge is 0.481 e. The quantitative estimate of drug-likeness (QED) is 0.502. The normalized spacial score (nSPS) is 17.6. The number of nitrogens with zero attached hydrogens (tertiary/aromatic N) is 2. The van der Waals surface area contributed by atoms with Crippen molar-refractivity contribution in [1.29, 1.82) is 0 Å². The first kappa shape index (κ1) is 23.8. The molecule has 0 radical (unpaired) electrons. The molecule has 0 unspecified atom stereocenters. The van der Waals surface area contributed by atoms with Crippen LogP contribution in [0, 0.1) is 0 Å². The second kappa shape index (κ2) is 10.7. The lowest BCUT2D eigenvalue weighted by Gasteiger charge is -2.36. The van der Waals surface area contributed by atoms with Crippen molar-refractivity contribution in [2.24, 2.45) is 0 Å². The maximum atomic E-state index is 13.1. The van der Waals surface area contributed by atoms with Gasteiger partial charge in [0.1, 0.15) is 24.1 Å². The van der Waals surface area contributed by atoms with Crippen molar-refractivity contribution in [3.05, 3.63) is 42.2 Å². The second-order valence-corrected chi connectivity index (χ2v) is 7.97. The van der Waals surface area contributed by atoms with Crippen molar-refractivity contribution >= 4 is 40.7 Å². The molecular weight excluding hydrogens is 428 g/mol. The summed E-state index contributed by atoms with van der Waals surface area (Å²) in [5, 5.41) is 15.4. The predicted molar refractivity (Wildman–Crippen MR) is 118 cm³/mol. The van der Waals surface area contributed by atoms with Crippen LogP contribution < -0.4 is 10.6 Å². The third-order valence-corrected chi connectivity index (χ3v) is 5.58. The van der Waals surface area contributed by atoms with Gasteiger partial charge in [0.15, 0.2) is 0 Å². The highest BCUT2D eigenvalue weighted by Crippen LogP contribution is 2.20. The van der Waals surface area contributed by atoms with E-state index in [1.54, 1.807) is 18.2 Å². The third-order valence-electron chi connectivity index (χ3n) is 5.58. The SMILES string of the molecule is C[C@H](NC(=O)c1nccc2ccccc12)C(=O)N1CCCC[C@H]1C(=O)N[C@H](C=O)CC(=O)O. The number of carboxylic acid groups (broad SMARTS) is 1. The molecule has 33 heavy (non-hydrogen) atoms. The molecule has 2 heterocycles. The van der Waals surface area contributed by atoms with E-state index in [2.05, 4.69) is 15.6 Å². The average Bonchev–Trinajstić information content (AvgIpc) is 2.82. The molecule has 0 bridgehead atoms. The molecule has 3 atom stereocenters. The Kier molecular flexibility index (Phi) is 7.70. The number of carbonyl (C=O) groups excluding carboxylic acids is 4. The molecule has 174 valence electrons. The third kappa shape index (κ3) is 5.71. The van der Waals surface area contributed by atoms with E-state index < -0.39 is 48.2 Å². The monoisotopic (exact) mass is 454 g/mol. The Morgan fingerprint density at radius 1 is 1.18 bits per heavy atom. The number of rotatable bonds is 8. The molecule has 1 aromatic heterocycles. The van der Waals surface area contributed by atoms with Crippen molar-refractivity contribution in [2.75, 3.05) is 6.54 Å². The lowest BCUT2D eigenvalue weighted by Crippen LogP contribution is -2.58. The number of fused-ring (bicyclic) bond motifs is 1. The molecule has 1 aromatic carbocycles. The molecule has 0 spiro atoms. The van der Waals surface area contributed by atoms with Gasteiger partial charge in [-0.3, -0.25) is 24.2 Å². The van der Waals surface area contributed by atoms with E-state index in [9.17, 15) is 24.0 Å². The lowest BCUT2D eigenvalue weighted by molar-refractivity contribution is -0.144. The van der Waals surface area contributed by atoms with Crippen molar-refractivity contribution in [2.45, 2.75) is 50.7 Å². The highest BCUT2D eigenvalue weighted by Gasteiger charge is 2.35. The first-order valence-corrected chi connectivity index (χ1v) is 10.7. The van der Waals surface area contributed by atoms with Gasteiger partial charge in [-0.15, -0.1) is 0 Å². The summed E-state index contributed by atoms with van der Waals surface area (Å²) < 4.78 is 0. The van der Waals surface area contributed by atoms with Gasteiger partial charge in [-0.2, -0.15) is 0 Å². The van der Waals surface area contributed by atoms with Crippen LogP contribution in [-0.2, 0) is 19.2 Å². The number of benzene rings is 1. The maximum absolute atomic E-state index is 13.1. The molecule has 10 nitrogen and oxygen atoms in total. The Bertz CT molecular complexity index is 1070. The van der Waals surface area contributed by atoms with Gasteiger partial charge in [0.25, 0.3) is 5.91 Å². The van der Waals surface area contributed by atoms with Gasteiger partial charge in [0, 0.05) is 18.1 Å². The summed E-state index contributed by atoms with van der Waals surface area (Å²) in [5.74, 6) is -2.75. The minimum Gasteiger partial charge on any atom is -0.481 e. The number of likely N-dealkylation sites (tertiary alicyclic amines) is 1. The van der Waals surface area contributed by atoms with E-state index in [1.165, 1.54) is 18.0 Å². The van der Waals surface area contributed by atoms with Gasteiger partial charge in [0.05, 0.1) is 12.5 Å². The number of aldehydes is 1. The molecule has 3 N–H and O–H groups in total. The first-order valence-electron chi connectivity index (χ1n) is 10.7. The van der Waals surface area contributed by atoms with E-state index in [0.29, 0.717) is 37.5 Å². The number of amides is 3. The average molecular weight is 454 g/mol. The number of hydrogen-bond acceptors (Lipinski definition) is 6. The number of carboxylic acids is 1. The number of hydrogen-bond donors (Lipinski definition) is 3. The fourth-order valence-electron chi connectivity index (χ4n) is 3.94. The van der Waals surface area contributed by atoms with Crippen LogP contribution in [0.2, 0.25) is 0 Å². The second-order valence-electron chi connectivity index (χ2n) is 7.97. The Morgan fingerprint density at radius 2 is 1.94 bits per heavy atom. The molecule has 10 heteroatoms.